The van der Waals surface area contributed by atoms with Crippen LogP contribution in [0, 0.1) is 0 Å². The van der Waals surface area contributed by atoms with Gasteiger partial charge in [-0.1, -0.05) is 12.1 Å². The standard InChI is InChI=1S/C19H25F2N3O3.ClH/c20-19(21)27-16-6-3-14(4-7-16)5-8-17(25)23-10-1-2-15(13-23)24-11-9-22-12-18(24)26;/h3-4,6-7,15,19,22H,1-2,5,8-13H2;1H. The molecule has 6 nitrogen and oxygen atoms in total. The molecule has 0 saturated carbocycles. The molecule has 0 bridgehead atoms. The molecule has 0 aromatic heterocycles. The molecule has 3 rings (SSSR count). The number of piperazine rings is 1. The molecule has 2 heterocycles. The maximum atomic E-state index is 12.6. The van der Waals surface area contributed by atoms with E-state index in [9.17, 15) is 18.4 Å². The fourth-order valence-corrected chi connectivity index (χ4v) is 3.69. The second-order valence-electron chi connectivity index (χ2n) is 6.92. The molecule has 2 aliphatic heterocycles. The highest BCUT2D eigenvalue weighted by Gasteiger charge is 2.31. The number of carbonyl (C=O) groups excluding carboxylic acids is 2. The Morgan fingerprint density at radius 3 is 2.68 bits per heavy atom. The molecule has 1 aromatic rings. The van der Waals surface area contributed by atoms with E-state index in [0.29, 0.717) is 32.5 Å². The minimum atomic E-state index is -2.84. The zero-order chi connectivity index (χ0) is 19.2. The van der Waals surface area contributed by atoms with Crippen molar-refractivity contribution in [3.8, 4) is 5.75 Å². The maximum Gasteiger partial charge on any atom is 0.387 e. The molecule has 2 amide bonds. The van der Waals surface area contributed by atoms with Crippen LogP contribution in [-0.2, 0) is 16.0 Å². The highest BCUT2D eigenvalue weighted by molar-refractivity contribution is 5.85. The van der Waals surface area contributed by atoms with Crippen LogP contribution in [0.1, 0.15) is 24.8 Å². The molecule has 1 aromatic carbocycles. The van der Waals surface area contributed by atoms with Crippen molar-refractivity contribution in [2.45, 2.75) is 38.3 Å². The van der Waals surface area contributed by atoms with Crippen LogP contribution in [0.5, 0.6) is 5.75 Å². The molecular formula is C19H26ClF2N3O3. The second kappa shape index (κ2) is 10.6. The quantitative estimate of drug-likeness (QED) is 0.769. The summed E-state index contributed by atoms with van der Waals surface area (Å²) in [4.78, 5) is 28.4. The maximum absolute atomic E-state index is 12.6. The summed E-state index contributed by atoms with van der Waals surface area (Å²) in [5.74, 6) is 0.279. The molecule has 1 unspecified atom stereocenters. The van der Waals surface area contributed by atoms with Crippen molar-refractivity contribution in [3.05, 3.63) is 29.8 Å². The minimum Gasteiger partial charge on any atom is -0.435 e. The zero-order valence-electron chi connectivity index (χ0n) is 15.6. The Morgan fingerprint density at radius 2 is 2.00 bits per heavy atom. The van der Waals surface area contributed by atoms with Crippen molar-refractivity contribution >= 4 is 24.2 Å². The Labute approximate surface area is 169 Å². The second-order valence-corrected chi connectivity index (χ2v) is 6.92. The van der Waals surface area contributed by atoms with Gasteiger partial charge in [-0.25, -0.2) is 0 Å². The van der Waals surface area contributed by atoms with Crippen molar-refractivity contribution in [1.82, 2.24) is 15.1 Å². The lowest BCUT2D eigenvalue weighted by Gasteiger charge is -2.41. The number of aryl methyl sites for hydroxylation is 1. The van der Waals surface area contributed by atoms with Gasteiger partial charge in [0.25, 0.3) is 0 Å². The van der Waals surface area contributed by atoms with Crippen LogP contribution < -0.4 is 10.1 Å². The molecule has 9 heteroatoms. The molecule has 156 valence electrons. The molecule has 1 N–H and O–H groups in total. The largest absolute Gasteiger partial charge is 0.435 e. The Balaban J connectivity index is 0.00000280. The summed E-state index contributed by atoms with van der Waals surface area (Å²) >= 11 is 0. The van der Waals surface area contributed by atoms with E-state index in [1.54, 1.807) is 12.1 Å². The monoisotopic (exact) mass is 417 g/mol. The topological polar surface area (TPSA) is 61.9 Å². The zero-order valence-corrected chi connectivity index (χ0v) is 16.4. The molecule has 1 atom stereocenters. The minimum absolute atomic E-state index is 0. The van der Waals surface area contributed by atoms with Crippen molar-refractivity contribution in [3.63, 3.8) is 0 Å². The van der Waals surface area contributed by atoms with Gasteiger partial charge in [0, 0.05) is 38.6 Å². The van der Waals surface area contributed by atoms with Gasteiger partial charge in [-0.05, 0) is 37.0 Å². The Bertz CT molecular complexity index is 660. The van der Waals surface area contributed by atoms with E-state index in [-0.39, 0.29) is 36.0 Å². The SMILES string of the molecule is Cl.O=C(CCc1ccc(OC(F)F)cc1)N1CCCC(N2CCNCC2=O)C1. The number of amides is 2. The van der Waals surface area contributed by atoms with Crippen molar-refractivity contribution in [1.29, 1.82) is 0 Å². The van der Waals surface area contributed by atoms with Crippen LogP contribution >= 0.6 is 12.4 Å². The number of hydrogen-bond acceptors (Lipinski definition) is 4. The van der Waals surface area contributed by atoms with E-state index in [0.717, 1.165) is 31.5 Å². The summed E-state index contributed by atoms with van der Waals surface area (Å²) in [7, 11) is 0. The number of carbonyl (C=O) groups is 2. The Kier molecular flexibility index (Phi) is 8.44. The number of hydrogen-bond donors (Lipinski definition) is 1. The lowest BCUT2D eigenvalue weighted by atomic mass is 10.0. The van der Waals surface area contributed by atoms with Crippen molar-refractivity contribution in [2.24, 2.45) is 0 Å². The summed E-state index contributed by atoms with van der Waals surface area (Å²) in [5, 5.41) is 3.07. The van der Waals surface area contributed by atoms with Crippen LogP contribution in [0.15, 0.2) is 24.3 Å². The third kappa shape index (κ3) is 6.04. The molecular weight excluding hydrogens is 392 g/mol. The predicted molar refractivity (Wildman–Crippen MR) is 103 cm³/mol. The number of likely N-dealkylation sites (tertiary alicyclic amines) is 1. The highest BCUT2D eigenvalue weighted by Crippen LogP contribution is 2.19. The van der Waals surface area contributed by atoms with Gasteiger partial charge in [0.2, 0.25) is 11.8 Å². The van der Waals surface area contributed by atoms with E-state index in [1.165, 1.54) is 12.1 Å². The number of ether oxygens (including phenoxy) is 1. The van der Waals surface area contributed by atoms with Crippen LogP contribution in [0.2, 0.25) is 0 Å². The van der Waals surface area contributed by atoms with E-state index in [2.05, 4.69) is 10.1 Å². The molecule has 0 aliphatic carbocycles. The number of alkyl halides is 2. The Hall–Kier alpha value is -1.93. The van der Waals surface area contributed by atoms with Gasteiger partial charge >= 0.3 is 6.61 Å². The number of piperidine rings is 1. The van der Waals surface area contributed by atoms with Gasteiger partial charge in [0.05, 0.1) is 6.54 Å². The highest BCUT2D eigenvalue weighted by atomic mass is 35.5. The molecule has 2 aliphatic rings. The molecule has 2 saturated heterocycles. The first-order chi connectivity index (χ1) is 13.0. The number of halogens is 3. The summed E-state index contributed by atoms with van der Waals surface area (Å²) < 4.78 is 28.7. The van der Waals surface area contributed by atoms with Crippen LogP contribution in [0.3, 0.4) is 0 Å². The average molecular weight is 418 g/mol. The van der Waals surface area contributed by atoms with E-state index >= 15 is 0 Å². The van der Waals surface area contributed by atoms with E-state index < -0.39 is 6.61 Å². The smallest absolute Gasteiger partial charge is 0.387 e. The van der Waals surface area contributed by atoms with Crippen LogP contribution in [0.4, 0.5) is 8.78 Å². The first kappa shape index (κ1) is 22.4. The summed E-state index contributed by atoms with van der Waals surface area (Å²) in [5.41, 5.74) is 0.899. The van der Waals surface area contributed by atoms with Gasteiger partial charge < -0.3 is 19.9 Å². The van der Waals surface area contributed by atoms with Gasteiger partial charge in [0.1, 0.15) is 5.75 Å². The summed E-state index contributed by atoms with van der Waals surface area (Å²) in [6, 6.07) is 6.47. The van der Waals surface area contributed by atoms with Crippen LogP contribution in [0.25, 0.3) is 0 Å². The molecule has 0 radical (unpaired) electrons. The number of nitrogens with zero attached hydrogens (tertiary/aromatic N) is 2. The summed E-state index contributed by atoms with van der Waals surface area (Å²) in [6.45, 7) is 0.324. The number of nitrogens with one attached hydrogen (secondary N) is 1. The lowest BCUT2D eigenvalue weighted by Crippen LogP contribution is -2.57. The average Bonchev–Trinajstić information content (AvgIpc) is 2.67. The summed E-state index contributed by atoms with van der Waals surface area (Å²) in [6.07, 6.45) is 2.73. The Morgan fingerprint density at radius 1 is 1.25 bits per heavy atom. The first-order valence-electron chi connectivity index (χ1n) is 9.34. The van der Waals surface area contributed by atoms with E-state index in [1.807, 2.05) is 9.80 Å². The lowest BCUT2D eigenvalue weighted by molar-refractivity contribution is -0.140. The van der Waals surface area contributed by atoms with Crippen molar-refractivity contribution < 1.29 is 23.1 Å². The number of benzene rings is 1. The first-order valence-corrected chi connectivity index (χ1v) is 9.34. The third-order valence-corrected chi connectivity index (χ3v) is 5.09. The number of rotatable bonds is 6. The third-order valence-electron chi connectivity index (χ3n) is 5.09. The normalized spacial score (nSPS) is 20.1. The van der Waals surface area contributed by atoms with Crippen LogP contribution in [-0.4, -0.2) is 67.0 Å². The van der Waals surface area contributed by atoms with E-state index in [4.69, 9.17) is 0 Å². The molecule has 2 fully saturated rings. The molecule has 28 heavy (non-hydrogen) atoms. The van der Waals surface area contributed by atoms with Gasteiger partial charge in [-0.3, -0.25) is 9.59 Å². The van der Waals surface area contributed by atoms with Gasteiger partial charge in [0.15, 0.2) is 0 Å². The van der Waals surface area contributed by atoms with Gasteiger partial charge in [-0.15, -0.1) is 12.4 Å². The fourth-order valence-electron chi connectivity index (χ4n) is 3.69. The predicted octanol–water partition coefficient (Wildman–Crippen LogP) is 2.07. The molecule has 0 spiro atoms. The van der Waals surface area contributed by atoms with Crippen molar-refractivity contribution in [2.75, 3.05) is 32.7 Å². The van der Waals surface area contributed by atoms with Gasteiger partial charge in [-0.2, -0.15) is 8.78 Å². The fraction of sp³-hybridized carbons (Fsp3) is 0.579.